The van der Waals surface area contributed by atoms with E-state index in [9.17, 15) is 40.9 Å². The van der Waals surface area contributed by atoms with Crippen LogP contribution in [0.15, 0.2) is 11.6 Å². The SMILES string of the molecule is C[C@H](O[C@@H]1O[C@H](CO)[C@@H](O)[C@H](O)[C@H]1O)C1CC[C@H]2[C@@H]3CC=C4C[C@@H](O[C@@H]5O[C@H](CO)[C@@H](O)[C@H](O)[C@H]5O)CC[C@]4(C)[C@H]3CC[C@]12C. The highest BCUT2D eigenvalue weighted by Crippen LogP contribution is 2.67. The van der Waals surface area contributed by atoms with Crippen LogP contribution in [0.3, 0.4) is 0 Å². The van der Waals surface area contributed by atoms with Crippen molar-refractivity contribution in [1.82, 2.24) is 0 Å². The van der Waals surface area contributed by atoms with Gasteiger partial charge < -0.3 is 59.8 Å². The van der Waals surface area contributed by atoms with Gasteiger partial charge in [-0.15, -0.1) is 0 Å². The molecule has 1 unspecified atom stereocenters. The highest BCUT2D eigenvalue weighted by Gasteiger charge is 2.60. The molecule has 0 aromatic heterocycles. The summed E-state index contributed by atoms with van der Waals surface area (Å²) in [6.45, 7) is 5.80. The fourth-order valence-electron chi connectivity index (χ4n) is 10.4. The third-order valence-corrected chi connectivity index (χ3v) is 13.1. The van der Waals surface area contributed by atoms with Crippen molar-refractivity contribution in [3.8, 4) is 0 Å². The fourth-order valence-corrected chi connectivity index (χ4v) is 10.4. The standard InChI is InChI=1S/C33H54O12/c1-15(42-30-28(40)26(38)24(36)22(13-34)44-30)19-6-7-20-18-5-4-16-12-17(8-10-32(16,2)21(18)9-11-33(19,20)3)43-31-29(41)27(39)25(37)23(14-35)45-31/h4,15,17-31,34-41H,5-14H2,1-3H3/t15-,17-,18-,19?,20-,21-,22+,23+,24+,25+,26-,27-,28+,29+,30+,31+,32-,33+/m0/s1. The molecule has 18 atom stereocenters. The van der Waals surface area contributed by atoms with Crippen molar-refractivity contribution in [3.63, 3.8) is 0 Å². The lowest BCUT2D eigenvalue weighted by Crippen LogP contribution is -2.60. The zero-order chi connectivity index (χ0) is 32.4. The first kappa shape index (κ1) is 34.1. The first-order valence-electron chi connectivity index (χ1n) is 17.0. The van der Waals surface area contributed by atoms with Gasteiger partial charge in [0.25, 0.3) is 0 Å². The molecule has 2 saturated heterocycles. The lowest BCUT2D eigenvalue weighted by molar-refractivity contribution is -0.316. The summed E-state index contributed by atoms with van der Waals surface area (Å²) in [6.07, 6.45) is -3.21. The van der Waals surface area contributed by atoms with Crippen molar-refractivity contribution in [1.29, 1.82) is 0 Å². The highest BCUT2D eigenvalue weighted by molar-refractivity contribution is 5.25. The summed E-state index contributed by atoms with van der Waals surface area (Å²) in [7, 11) is 0. The van der Waals surface area contributed by atoms with Crippen LogP contribution in [0.4, 0.5) is 0 Å². The molecule has 0 amide bonds. The maximum Gasteiger partial charge on any atom is 0.186 e. The number of allylic oxidation sites excluding steroid dienone is 1. The Morgan fingerprint density at radius 2 is 1.40 bits per heavy atom. The number of aliphatic hydroxyl groups is 8. The maximum absolute atomic E-state index is 10.6. The van der Waals surface area contributed by atoms with E-state index in [0.717, 1.165) is 44.9 Å². The van der Waals surface area contributed by atoms with Crippen molar-refractivity contribution in [2.75, 3.05) is 13.2 Å². The fraction of sp³-hybridized carbons (Fsp3) is 0.939. The Bertz CT molecular complexity index is 1070. The second kappa shape index (κ2) is 12.9. The molecule has 12 nitrogen and oxygen atoms in total. The molecule has 5 fully saturated rings. The third kappa shape index (κ3) is 5.74. The normalized spacial score (nSPS) is 54.0. The van der Waals surface area contributed by atoms with Crippen molar-refractivity contribution in [2.45, 2.75) is 146 Å². The average Bonchev–Trinajstić information content (AvgIpc) is 3.39. The summed E-state index contributed by atoms with van der Waals surface area (Å²) in [5.74, 6) is 1.81. The minimum absolute atomic E-state index is 0.0377. The van der Waals surface area contributed by atoms with Crippen LogP contribution in [0, 0.1) is 34.5 Å². The summed E-state index contributed by atoms with van der Waals surface area (Å²) in [4.78, 5) is 0. The number of rotatable bonds is 7. The molecular weight excluding hydrogens is 588 g/mol. The van der Waals surface area contributed by atoms with Gasteiger partial charge >= 0.3 is 0 Å². The number of hydrogen-bond donors (Lipinski definition) is 8. The highest BCUT2D eigenvalue weighted by atomic mass is 16.7. The van der Waals surface area contributed by atoms with Crippen LogP contribution in [0.25, 0.3) is 0 Å². The summed E-state index contributed by atoms with van der Waals surface area (Å²) in [5, 5.41) is 80.9. The average molecular weight is 643 g/mol. The first-order valence-corrected chi connectivity index (χ1v) is 17.0. The van der Waals surface area contributed by atoms with E-state index in [1.54, 1.807) is 0 Å². The Labute approximate surface area is 265 Å². The molecule has 0 radical (unpaired) electrons. The smallest absolute Gasteiger partial charge is 0.186 e. The van der Waals surface area contributed by atoms with Crippen LogP contribution in [-0.2, 0) is 18.9 Å². The number of aliphatic hydroxyl groups excluding tert-OH is 8. The van der Waals surface area contributed by atoms with Gasteiger partial charge in [-0.05, 0) is 92.8 Å². The molecule has 258 valence electrons. The molecule has 2 heterocycles. The van der Waals surface area contributed by atoms with Crippen molar-refractivity contribution >= 4 is 0 Å². The largest absolute Gasteiger partial charge is 0.394 e. The molecule has 0 bridgehead atoms. The number of ether oxygens (including phenoxy) is 4. The van der Waals surface area contributed by atoms with Crippen LogP contribution in [0.1, 0.15) is 72.1 Å². The lowest BCUT2D eigenvalue weighted by Gasteiger charge is -2.58. The molecule has 0 aromatic carbocycles. The lowest BCUT2D eigenvalue weighted by atomic mass is 9.47. The van der Waals surface area contributed by atoms with Crippen LogP contribution in [0.2, 0.25) is 0 Å². The van der Waals surface area contributed by atoms with Crippen molar-refractivity contribution in [3.05, 3.63) is 11.6 Å². The van der Waals surface area contributed by atoms with E-state index in [-0.39, 0.29) is 29.0 Å². The second-order valence-corrected chi connectivity index (χ2v) is 15.2. The summed E-state index contributed by atoms with van der Waals surface area (Å²) < 4.78 is 23.7. The molecular formula is C33H54O12. The first-order chi connectivity index (χ1) is 21.3. The van der Waals surface area contributed by atoms with Gasteiger partial charge in [0, 0.05) is 0 Å². The molecule has 4 aliphatic carbocycles. The molecule has 6 rings (SSSR count). The molecule has 0 aromatic rings. The third-order valence-electron chi connectivity index (χ3n) is 13.1. The Hall–Kier alpha value is -0.740. The molecule has 0 spiro atoms. The number of hydrogen-bond acceptors (Lipinski definition) is 12. The van der Waals surface area contributed by atoms with Crippen molar-refractivity contribution < 1.29 is 59.8 Å². The van der Waals surface area contributed by atoms with Gasteiger partial charge in [-0.2, -0.15) is 0 Å². The molecule has 3 saturated carbocycles. The van der Waals surface area contributed by atoms with Gasteiger partial charge in [0.15, 0.2) is 12.6 Å². The van der Waals surface area contributed by atoms with Crippen LogP contribution in [-0.4, -0.2) is 128 Å². The van der Waals surface area contributed by atoms with E-state index in [2.05, 4.69) is 19.9 Å². The van der Waals surface area contributed by atoms with Crippen LogP contribution < -0.4 is 0 Å². The minimum Gasteiger partial charge on any atom is -0.394 e. The van der Waals surface area contributed by atoms with Gasteiger partial charge in [0.1, 0.15) is 48.8 Å². The Balaban J connectivity index is 1.11. The van der Waals surface area contributed by atoms with Crippen LogP contribution in [0.5, 0.6) is 0 Å². The molecule has 2 aliphatic heterocycles. The Morgan fingerprint density at radius 1 is 0.778 bits per heavy atom. The van der Waals surface area contributed by atoms with Gasteiger partial charge in [0.2, 0.25) is 0 Å². The van der Waals surface area contributed by atoms with E-state index in [1.807, 2.05) is 6.92 Å². The summed E-state index contributed by atoms with van der Waals surface area (Å²) >= 11 is 0. The topological polar surface area (TPSA) is 199 Å². The maximum atomic E-state index is 10.6. The van der Waals surface area contributed by atoms with E-state index < -0.39 is 74.6 Å². The monoisotopic (exact) mass is 642 g/mol. The predicted octanol–water partition coefficient (Wildman–Crippen LogP) is -0.0445. The quantitative estimate of drug-likeness (QED) is 0.173. The molecule has 45 heavy (non-hydrogen) atoms. The van der Waals surface area contributed by atoms with E-state index in [4.69, 9.17) is 18.9 Å². The minimum atomic E-state index is -1.46. The predicted molar refractivity (Wildman–Crippen MR) is 158 cm³/mol. The summed E-state index contributed by atoms with van der Waals surface area (Å²) in [6, 6.07) is 0. The van der Waals surface area contributed by atoms with Gasteiger partial charge in [-0.3, -0.25) is 0 Å². The number of fused-ring (bicyclic) bond motifs is 5. The van der Waals surface area contributed by atoms with E-state index >= 15 is 0 Å². The van der Waals surface area contributed by atoms with E-state index in [0.29, 0.717) is 24.2 Å². The zero-order valence-electron chi connectivity index (χ0n) is 26.6. The summed E-state index contributed by atoms with van der Waals surface area (Å²) in [5.41, 5.74) is 1.46. The van der Waals surface area contributed by atoms with Crippen LogP contribution >= 0.6 is 0 Å². The van der Waals surface area contributed by atoms with E-state index in [1.165, 1.54) is 5.57 Å². The van der Waals surface area contributed by atoms with Gasteiger partial charge in [0.05, 0.1) is 25.4 Å². The van der Waals surface area contributed by atoms with Crippen molar-refractivity contribution in [2.24, 2.45) is 34.5 Å². The molecule has 6 aliphatic rings. The zero-order valence-corrected chi connectivity index (χ0v) is 26.6. The van der Waals surface area contributed by atoms with Gasteiger partial charge in [-0.25, -0.2) is 0 Å². The van der Waals surface area contributed by atoms with Gasteiger partial charge in [-0.1, -0.05) is 25.5 Å². The Kier molecular flexibility index (Phi) is 9.82. The molecule has 12 heteroatoms. The molecule has 8 N–H and O–H groups in total. The second-order valence-electron chi connectivity index (χ2n) is 15.2. The Morgan fingerprint density at radius 3 is 2.04 bits per heavy atom.